The number of aromatic nitrogens is 2. The lowest BCUT2D eigenvalue weighted by Gasteiger charge is -2.11. The molecule has 0 spiro atoms. The van der Waals surface area contributed by atoms with Crippen LogP contribution in [-0.2, 0) is 14.8 Å². The Balaban J connectivity index is 1.65. The van der Waals surface area contributed by atoms with Gasteiger partial charge in [0.25, 0.3) is 10.0 Å². The van der Waals surface area contributed by atoms with Crippen LogP contribution >= 0.6 is 22.9 Å². The van der Waals surface area contributed by atoms with Gasteiger partial charge in [0.2, 0.25) is 11.0 Å². The number of hydrogen-bond acceptors (Lipinski definition) is 6. The average molecular weight is 485 g/mol. The number of anilines is 2. The molecule has 7 nitrogen and oxygen atoms in total. The van der Waals surface area contributed by atoms with Gasteiger partial charge in [0.1, 0.15) is 11.5 Å². The molecule has 1 aromatic carbocycles. The number of nitrogens with one attached hydrogen (secondary N) is 2. The predicted molar refractivity (Wildman–Crippen MR) is 114 cm³/mol. The summed E-state index contributed by atoms with van der Waals surface area (Å²) in [5.74, 6) is -0.954. The van der Waals surface area contributed by atoms with Gasteiger partial charge < -0.3 is 5.32 Å². The van der Waals surface area contributed by atoms with Crippen molar-refractivity contribution in [3.8, 4) is 11.3 Å². The highest BCUT2D eigenvalue weighted by atomic mass is 35.5. The number of halogens is 3. The standard InChI is InChI=1S/C19H15ClF2N4O3S2/c1-9(27)24-12-7-13(10-2-3-10)18(23-8-12)31(28,29)26-19-25-16(17(22)30-19)11-4-5-15(21)14(20)6-11/h4-8,10H,2-3H2,1H3,(H,24,27)(H,25,26). The second-order valence-electron chi connectivity index (χ2n) is 6.95. The number of sulfonamides is 1. The van der Waals surface area contributed by atoms with Gasteiger partial charge in [0, 0.05) is 12.5 Å². The van der Waals surface area contributed by atoms with Gasteiger partial charge in [-0.2, -0.15) is 12.8 Å². The minimum Gasteiger partial charge on any atom is -0.325 e. The Labute approximate surface area is 185 Å². The fraction of sp³-hybridized carbons (Fsp3) is 0.211. The zero-order valence-corrected chi connectivity index (χ0v) is 18.3. The minimum absolute atomic E-state index is 0.0118. The minimum atomic E-state index is -4.17. The van der Waals surface area contributed by atoms with Crippen LogP contribution in [-0.4, -0.2) is 24.3 Å². The molecule has 0 radical (unpaired) electrons. The van der Waals surface area contributed by atoms with E-state index in [1.165, 1.54) is 25.3 Å². The smallest absolute Gasteiger partial charge is 0.281 e. The molecule has 0 atom stereocenters. The van der Waals surface area contributed by atoms with Crippen LogP contribution in [0.2, 0.25) is 5.02 Å². The summed E-state index contributed by atoms with van der Waals surface area (Å²) >= 11 is 6.23. The first kappa shape index (κ1) is 21.6. The molecule has 12 heteroatoms. The van der Waals surface area contributed by atoms with Gasteiger partial charge in [-0.25, -0.2) is 14.4 Å². The molecule has 4 rings (SSSR count). The largest absolute Gasteiger partial charge is 0.325 e. The Kier molecular flexibility index (Phi) is 5.67. The van der Waals surface area contributed by atoms with E-state index in [0.29, 0.717) is 22.6 Å². The van der Waals surface area contributed by atoms with Crippen molar-refractivity contribution in [3.05, 3.63) is 52.0 Å². The summed E-state index contributed by atoms with van der Waals surface area (Å²) in [5.41, 5.74) is 0.925. The normalized spacial score (nSPS) is 13.8. The van der Waals surface area contributed by atoms with Gasteiger partial charge in [-0.3, -0.25) is 9.52 Å². The van der Waals surface area contributed by atoms with Gasteiger partial charge in [-0.1, -0.05) is 22.9 Å². The number of rotatable bonds is 6. The molecule has 2 N–H and O–H groups in total. The summed E-state index contributed by atoms with van der Waals surface area (Å²) in [6, 6.07) is 5.16. The van der Waals surface area contributed by atoms with E-state index in [9.17, 15) is 22.0 Å². The molecule has 2 heterocycles. The van der Waals surface area contributed by atoms with E-state index in [1.807, 2.05) is 0 Å². The van der Waals surface area contributed by atoms with E-state index in [2.05, 4.69) is 20.0 Å². The summed E-state index contributed by atoms with van der Waals surface area (Å²) in [4.78, 5) is 19.3. The predicted octanol–water partition coefficient (Wildman–Crippen LogP) is 4.77. The summed E-state index contributed by atoms with van der Waals surface area (Å²) in [5, 5.41) is 1.21. The summed E-state index contributed by atoms with van der Waals surface area (Å²) < 4.78 is 56.0. The fourth-order valence-electron chi connectivity index (χ4n) is 2.98. The van der Waals surface area contributed by atoms with Crippen LogP contribution in [0.3, 0.4) is 0 Å². The molecule has 1 aliphatic carbocycles. The first-order valence-electron chi connectivity index (χ1n) is 9.06. The monoisotopic (exact) mass is 484 g/mol. The van der Waals surface area contributed by atoms with E-state index < -0.39 is 21.0 Å². The zero-order chi connectivity index (χ0) is 22.3. The second kappa shape index (κ2) is 8.13. The van der Waals surface area contributed by atoms with Crippen LogP contribution in [0.5, 0.6) is 0 Å². The van der Waals surface area contributed by atoms with Crippen molar-refractivity contribution >= 4 is 49.7 Å². The van der Waals surface area contributed by atoms with Gasteiger partial charge in [0.05, 0.1) is 16.9 Å². The molecule has 1 amide bonds. The van der Waals surface area contributed by atoms with Gasteiger partial charge in [-0.15, -0.1) is 0 Å². The van der Waals surface area contributed by atoms with E-state index in [1.54, 1.807) is 6.07 Å². The molecule has 0 unspecified atom stereocenters. The Morgan fingerprint density at radius 2 is 2.00 bits per heavy atom. The highest BCUT2D eigenvalue weighted by Crippen LogP contribution is 2.43. The molecule has 162 valence electrons. The summed E-state index contributed by atoms with van der Waals surface area (Å²) in [6.07, 6.45) is 2.85. The number of carbonyl (C=O) groups is 1. The lowest BCUT2D eigenvalue weighted by atomic mass is 10.2. The Hall–Kier alpha value is -2.63. The number of amides is 1. The van der Waals surface area contributed by atoms with Crippen LogP contribution in [0.15, 0.2) is 35.5 Å². The van der Waals surface area contributed by atoms with Crippen LogP contribution in [0, 0.1) is 10.9 Å². The van der Waals surface area contributed by atoms with E-state index in [0.717, 1.165) is 18.9 Å². The summed E-state index contributed by atoms with van der Waals surface area (Å²) in [6.45, 7) is 1.34. The molecule has 0 aliphatic heterocycles. The van der Waals surface area contributed by atoms with Crippen LogP contribution in [0.4, 0.5) is 19.6 Å². The third-order valence-corrected chi connectivity index (χ3v) is 6.96. The number of pyridine rings is 1. The molecule has 1 fully saturated rings. The lowest BCUT2D eigenvalue weighted by molar-refractivity contribution is -0.114. The number of carbonyl (C=O) groups excluding carboxylic acids is 1. The first-order chi connectivity index (χ1) is 14.6. The van der Waals surface area contributed by atoms with Crippen molar-refractivity contribution in [2.24, 2.45) is 0 Å². The van der Waals surface area contributed by atoms with Crippen molar-refractivity contribution in [2.45, 2.75) is 30.7 Å². The summed E-state index contributed by atoms with van der Waals surface area (Å²) in [7, 11) is -4.17. The molecule has 0 saturated heterocycles. The van der Waals surface area contributed by atoms with Crippen molar-refractivity contribution in [1.82, 2.24) is 9.97 Å². The van der Waals surface area contributed by atoms with Crippen LogP contribution in [0.1, 0.15) is 31.2 Å². The quantitative estimate of drug-likeness (QED) is 0.524. The Bertz CT molecular complexity index is 1290. The molecular weight excluding hydrogens is 470 g/mol. The van der Waals surface area contributed by atoms with Crippen molar-refractivity contribution < 1.29 is 22.0 Å². The van der Waals surface area contributed by atoms with Gasteiger partial charge in [0.15, 0.2) is 10.2 Å². The maximum atomic E-state index is 14.4. The number of benzene rings is 1. The SMILES string of the molecule is CC(=O)Nc1cnc(S(=O)(=O)Nc2nc(-c3ccc(F)c(Cl)c3)c(F)s2)c(C2CC2)c1. The van der Waals surface area contributed by atoms with E-state index in [4.69, 9.17) is 11.6 Å². The van der Waals surface area contributed by atoms with Crippen molar-refractivity contribution in [3.63, 3.8) is 0 Å². The molecule has 3 aromatic rings. The topological polar surface area (TPSA) is 101 Å². The van der Waals surface area contributed by atoms with E-state index >= 15 is 0 Å². The number of hydrogen-bond donors (Lipinski definition) is 2. The molecular formula is C19H15ClF2N4O3S2. The second-order valence-corrected chi connectivity index (χ2v) is 9.90. The number of nitrogens with zero attached hydrogens (tertiary/aromatic N) is 2. The van der Waals surface area contributed by atoms with Gasteiger partial charge >= 0.3 is 0 Å². The maximum absolute atomic E-state index is 14.4. The average Bonchev–Trinajstić information content (AvgIpc) is 3.47. The molecule has 1 aliphatic rings. The van der Waals surface area contributed by atoms with Crippen LogP contribution < -0.4 is 10.0 Å². The fourth-order valence-corrected chi connectivity index (χ4v) is 5.32. The first-order valence-corrected chi connectivity index (χ1v) is 11.7. The van der Waals surface area contributed by atoms with Crippen molar-refractivity contribution in [2.75, 3.05) is 10.0 Å². The lowest BCUT2D eigenvalue weighted by Crippen LogP contribution is -2.17. The van der Waals surface area contributed by atoms with Crippen molar-refractivity contribution in [1.29, 1.82) is 0 Å². The zero-order valence-electron chi connectivity index (χ0n) is 15.9. The maximum Gasteiger partial charge on any atom is 0.281 e. The number of thiazole rings is 1. The third-order valence-electron chi connectivity index (χ3n) is 4.47. The van der Waals surface area contributed by atoms with Gasteiger partial charge in [-0.05, 0) is 48.6 Å². The molecule has 2 aromatic heterocycles. The molecule has 31 heavy (non-hydrogen) atoms. The highest BCUT2D eigenvalue weighted by molar-refractivity contribution is 7.92. The molecule has 1 saturated carbocycles. The van der Waals surface area contributed by atoms with E-state index in [-0.39, 0.29) is 38.3 Å². The Morgan fingerprint density at radius 1 is 1.26 bits per heavy atom. The Morgan fingerprint density at radius 3 is 2.65 bits per heavy atom. The van der Waals surface area contributed by atoms with Crippen LogP contribution in [0.25, 0.3) is 11.3 Å². The highest BCUT2D eigenvalue weighted by Gasteiger charge is 2.33. The molecule has 0 bridgehead atoms. The third kappa shape index (κ3) is 4.68.